The molecule has 3 rings (SSSR count). The van der Waals surface area contributed by atoms with Crippen molar-refractivity contribution in [1.82, 2.24) is 9.97 Å². The molecule has 25 heavy (non-hydrogen) atoms. The molecule has 2 aromatic rings. The molecule has 0 unspecified atom stereocenters. The highest BCUT2D eigenvalue weighted by Gasteiger charge is 2.27. The van der Waals surface area contributed by atoms with E-state index >= 15 is 0 Å². The predicted octanol–water partition coefficient (Wildman–Crippen LogP) is 2.42. The highest BCUT2D eigenvalue weighted by atomic mass is 16.6. The summed E-state index contributed by atoms with van der Waals surface area (Å²) in [6.45, 7) is 6.93. The van der Waals surface area contributed by atoms with Gasteiger partial charge < -0.3 is 14.5 Å². The van der Waals surface area contributed by atoms with Gasteiger partial charge in [-0.3, -0.25) is 10.1 Å². The Bertz CT molecular complexity index is 760. The maximum atomic E-state index is 11.4. The van der Waals surface area contributed by atoms with Crippen molar-refractivity contribution < 1.29 is 9.66 Å². The van der Waals surface area contributed by atoms with E-state index in [4.69, 9.17) is 4.74 Å². The maximum Gasteiger partial charge on any atom is 0.314 e. The zero-order chi connectivity index (χ0) is 17.8. The normalized spacial score (nSPS) is 14.5. The Balaban J connectivity index is 1.77. The fourth-order valence-corrected chi connectivity index (χ4v) is 3.01. The van der Waals surface area contributed by atoms with Gasteiger partial charge in [0.15, 0.2) is 11.6 Å². The van der Waals surface area contributed by atoms with Crippen LogP contribution >= 0.6 is 0 Å². The molecule has 0 N–H and O–H groups in total. The lowest BCUT2D eigenvalue weighted by Gasteiger charge is -2.36. The van der Waals surface area contributed by atoms with E-state index in [1.807, 2.05) is 24.0 Å². The van der Waals surface area contributed by atoms with Gasteiger partial charge in [0.25, 0.3) is 0 Å². The summed E-state index contributed by atoms with van der Waals surface area (Å²) in [5.74, 6) is 2.02. The fraction of sp³-hybridized carbons (Fsp3) is 0.412. The van der Waals surface area contributed by atoms with Crippen LogP contribution in [0.1, 0.15) is 12.5 Å². The van der Waals surface area contributed by atoms with Gasteiger partial charge in [0.2, 0.25) is 5.82 Å². The van der Waals surface area contributed by atoms with E-state index in [0.717, 1.165) is 11.6 Å². The van der Waals surface area contributed by atoms with E-state index in [0.29, 0.717) is 44.2 Å². The number of nitrogens with zero attached hydrogens (tertiary/aromatic N) is 5. The van der Waals surface area contributed by atoms with Gasteiger partial charge in [0.05, 0.1) is 11.5 Å². The number of nitro groups is 1. The summed E-state index contributed by atoms with van der Waals surface area (Å²) in [5.41, 5.74) is 0.713. The summed E-state index contributed by atoms with van der Waals surface area (Å²) in [6.07, 6.45) is 3.37. The summed E-state index contributed by atoms with van der Waals surface area (Å²) in [5, 5.41) is 11.4. The molecule has 0 radical (unpaired) electrons. The summed E-state index contributed by atoms with van der Waals surface area (Å²) in [6, 6.07) is 5.43. The zero-order valence-corrected chi connectivity index (χ0v) is 14.4. The minimum absolute atomic E-state index is 0.0868. The van der Waals surface area contributed by atoms with Crippen LogP contribution < -0.4 is 14.5 Å². The molecule has 0 aromatic carbocycles. The molecule has 0 atom stereocenters. The Morgan fingerprint density at radius 3 is 2.40 bits per heavy atom. The highest BCUT2D eigenvalue weighted by molar-refractivity contribution is 5.62. The van der Waals surface area contributed by atoms with Gasteiger partial charge in [-0.15, -0.1) is 0 Å². The molecular formula is C17H21N5O3. The molecule has 0 aliphatic carbocycles. The van der Waals surface area contributed by atoms with Crippen molar-refractivity contribution in [1.29, 1.82) is 0 Å². The van der Waals surface area contributed by atoms with E-state index in [-0.39, 0.29) is 10.6 Å². The highest BCUT2D eigenvalue weighted by Crippen LogP contribution is 2.31. The van der Waals surface area contributed by atoms with Crippen molar-refractivity contribution in [2.45, 2.75) is 13.8 Å². The van der Waals surface area contributed by atoms with Crippen LogP contribution in [0.3, 0.4) is 0 Å². The largest absolute Gasteiger partial charge is 0.490 e. The molecule has 132 valence electrons. The number of hydrogen-bond donors (Lipinski definition) is 0. The smallest absolute Gasteiger partial charge is 0.314 e. The van der Waals surface area contributed by atoms with Crippen molar-refractivity contribution in [3.63, 3.8) is 0 Å². The number of anilines is 2. The van der Waals surface area contributed by atoms with Crippen molar-refractivity contribution >= 4 is 17.3 Å². The second-order valence-electron chi connectivity index (χ2n) is 5.79. The molecule has 0 saturated carbocycles. The predicted molar refractivity (Wildman–Crippen MR) is 95.5 cm³/mol. The van der Waals surface area contributed by atoms with Crippen LogP contribution in [0.25, 0.3) is 0 Å². The second kappa shape index (κ2) is 7.33. The molecule has 2 aromatic heterocycles. The number of rotatable bonds is 5. The third-order valence-corrected chi connectivity index (χ3v) is 4.22. The molecule has 0 bridgehead atoms. The van der Waals surface area contributed by atoms with Crippen molar-refractivity contribution in [3.8, 4) is 5.75 Å². The lowest BCUT2D eigenvalue weighted by atomic mass is 10.2. The Labute approximate surface area is 146 Å². The number of ether oxygens (including phenoxy) is 1. The van der Waals surface area contributed by atoms with Crippen molar-refractivity contribution in [2.75, 3.05) is 42.6 Å². The summed E-state index contributed by atoms with van der Waals surface area (Å²) in [7, 11) is 0. The summed E-state index contributed by atoms with van der Waals surface area (Å²) in [4.78, 5) is 23.8. The van der Waals surface area contributed by atoms with Crippen LogP contribution in [-0.4, -0.2) is 47.7 Å². The number of aromatic nitrogens is 2. The van der Waals surface area contributed by atoms with Crippen LogP contribution in [0.2, 0.25) is 0 Å². The zero-order valence-electron chi connectivity index (χ0n) is 14.4. The second-order valence-corrected chi connectivity index (χ2v) is 5.79. The van der Waals surface area contributed by atoms with Crippen molar-refractivity contribution in [2.24, 2.45) is 0 Å². The SMILES string of the molecule is CCOc1cccnc1N1CCN(c2nccc(C)c2[N+](=O)[O-])CC1. The molecule has 1 aliphatic rings. The van der Waals surface area contributed by atoms with Gasteiger partial charge in [0, 0.05) is 44.1 Å². The third-order valence-electron chi connectivity index (χ3n) is 4.22. The molecule has 0 amide bonds. The molecular weight excluding hydrogens is 322 g/mol. The van der Waals surface area contributed by atoms with Gasteiger partial charge in [-0.25, -0.2) is 9.97 Å². The summed E-state index contributed by atoms with van der Waals surface area (Å²) >= 11 is 0. The maximum absolute atomic E-state index is 11.4. The first-order valence-electron chi connectivity index (χ1n) is 8.29. The van der Waals surface area contributed by atoms with Gasteiger partial charge in [-0.05, 0) is 32.0 Å². The molecule has 3 heterocycles. The first-order chi connectivity index (χ1) is 12.1. The first-order valence-corrected chi connectivity index (χ1v) is 8.29. The first kappa shape index (κ1) is 16.9. The van der Waals surface area contributed by atoms with Crippen LogP contribution in [0, 0.1) is 17.0 Å². The molecule has 0 spiro atoms. The number of aryl methyl sites for hydroxylation is 1. The van der Waals surface area contributed by atoms with Crippen LogP contribution in [0.5, 0.6) is 5.75 Å². The van der Waals surface area contributed by atoms with Gasteiger partial charge in [0.1, 0.15) is 0 Å². The van der Waals surface area contributed by atoms with Crippen LogP contribution in [0.15, 0.2) is 30.6 Å². The van der Waals surface area contributed by atoms with Crippen LogP contribution in [-0.2, 0) is 0 Å². The number of hydrogen-bond acceptors (Lipinski definition) is 7. The molecule has 1 fully saturated rings. The lowest BCUT2D eigenvalue weighted by molar-refractivity contribution is -0.384. The van der Waals surface area contributed by atoms with E-state index in [1.165, 1.54) is 0 Å². The quantitative estimate of drug-likeness (QED) is 0.609. The fourth-order valence-electron chi connectivity index (χ4n) is 3.01. The van der Waals surface area contributed by atoms with E-state index in [2.05, 4.69) is 14.9 Å². The number of piperazine rings is 1. The Morgan fingerprint density at radius 1 is 1.12 bits per heavy atom. The average Bonchev–Trinajstić information content (AvgIpc) is 2.62. The van der Waals surface area contributed by atoms with E-state index in [9.17, 15) is 10.1 Å². The van der Waals surface area contributed by atoms with Gasteiger partial charge in [-0.1, -0.05) is 0 Å². The minimum atomic E-state index is -0.351. The lowest BCUT2D eigenvalue weighted by Crippen LogP contribution is -2.47. The minimum Gasteiger partial charge on any atom is -0.490 e. The molecule has 1 aliphatic heterocycles. The third kappa shape index (κ3) is 3.47. The standard InChI is InChI=1S/C17H21N5O3/c1-3-25-14-5-4-7-18-16(14)20-9-11-21(12-10-20)17-15(22(23)24)13(2)6-8-19-17/h4-8H,3,9-12H2,1-2H3. The average molecular weight is 343 g/mol. The summed E-state index contributed by atoms with van der Waals surface area (Å²) < 4.78 is 5.65. The molecule has 1 saturated heterocycles. The Morgan fingerprint density at radius 2 is 1.76 bits per heavy atom. The topological polar surface area (TPSA) is 84.6 Å². The van der Waals surface area contributed by atoms with Gasteiger partial charge >= 0.3 is 5.69 Å². The molecule has 8 heteroatoms. The van der Waals surface area contributed by atoms with Crippen molar-refractivity contribution in [3.05, 3.63) is 46.3 Å². The van der Waals surface area contributed by atoms with Gasteiger partial charge in [-0.2, -0.15) is 0 Å². The monoisotopic (exact) mass is 343 g/mol. The Kier molecular flexibility index (Phi) is 4.97. The molecule has 8 nitrogen and oxygen atoms in total. The Hall–Kier alpha value is -2.90. The van der Waals surface area contributed by atoms with Crippen LogP contribution in [0.4, 0.5) is 17.3 Å². The van der Waals surface area contributed by atoms with E-state index in [1.54, 1.807) is 25.4 Å². The number of pyridine rings is 2. The van der Waals surface area contributed by atoms with E-state index < -0.39 is 0 Å².